The van der Waals surface area contributed by atoms with Crippen LogP contribution in [0.25, 0.3) is 21.6 Å². The maximum absolute atomic E-state index is 12.5. The number of nitrogens with one attached hydrogen (secondary N) is 2. The van der Waals surface area contributed by atoms with Crippen molar-refractivity contribution in [1.82, 2.24) is 24.8 Å². The number of aryl methyl sites for hydroxylation is 1. The molecule has 10 heteroatoms. The van der Waals surface area contributed by atoms with Crippen molar-refractivity contribution in [3.05, 3.63) is 58.1 Å². The number of ether oxygens (including phenoxy) is 1. The number of H-pyrrole nitrogens is 1. The van der Waals surface area contributed by atoms with Crippen molar-refractivity contribution in [3.8, 4) is 17.1 Å². The number of fused-ring (bicyclic) bond motifs is 1. The van der Waals surface area contributed by atoms with E-state index in [4.69, 9.17) is 17.0 Å². The summed E-state index contributed by atoms with van der Waals surface area (Å²) in [7, 11) is 3.52. The Hall–Kier alpha value is -3.24. The van der Waals surface area contributed by atoms with E-state index in [2.05, 4.69) is 20.7 Å². The van der Waals surface area contributed by atoms with E-state index in [1.165, 1.54) is 11.3 Å². The monoisotopic (exact) mass is 426 g/mol. The molecule has 0 saturated carbocycles. The number of carbonyl (C=O) groups is 1. The lowest BCUT2D eigenvalue weighted by molar-refractivity contribution is -0.121. The van der Waals surface area contributed by atoms with Crippen LogP contribution in [0.3, 0.4) is 0 Å². The van der Waals surface area contributed by atoms with Crippen molar-refractivity contribution < 1.29 is 9.53 Å². The number of benzene rings is 2. The third kappa shape index (κ3) is 3.84. The van der Waals surface area contributed by atoms with Gasteiger partial charge in [0.05, 0.1) is 17.3 Å². The average Bonchev–Trinajstić information content (AvgIpc) is 3.27. The van der Waals surface area contributed by atoms with Gasteiger partial charge in [0.2, 0.25) is 4.80 Å². The van der Waals surface area contributed by atoms with Crippen LogP contribution in [-0.4, -0.2) is 32.3 Å². The van der Waals surface area contributed by atoms with E-state index in [1.54, 1.807) is 11.7 Å². The quantitative estimate of drug-likeness (QED) is 0.379. The molecule has 0 aliphatic rings. The summed E-state index contributed by atoms with van der Waals surface area (Å²) in [6, 6.07) is 15.4. The van der Waals surface area contributed by atoms with Gasteiger partial charge in [-0.2, -0.15) is 5.10 Å². The van der Waals surface area contributed by atoms with Gasteiger partial charge >= 0.3 is 0 Å². The molecule has 0 aliphatic heterocycles. The number of hydrogen-bond donors (Lipinski definition) is 2. The zero-order valence-electron chi connectivity index (χ0n) is 15.7. The minimum absolute atomic E-state index is 0.00515. The van der Waals surface area contributed by atoms with Crippen LogP contribution in [0, 0.1) is 4.77 Å². The minimum Gasteiger partial charge on any atom is -0.497 e. The molecule has 2 aromatic carbocycles. The number of methoxy groups -OCH3 is 1. The van der Waals surface area contributed by atoms with Crippen molar-refractivity contribution in [1.29, 1.82) is 0 Å². The van der Waals surface area contributed by atoms with Crippen LogP contribution < -0.4 is 15.0 Å². The summed E-state index contributed by atoms with van der Waals surface area (Å²) in [5, 5.41) is 11.3. The Labute approximate surface area is 175 Å². The first-order chi connectivity index (χ1) is 14.1. The van der Waals surface area contributed by atoms with E-state index in [1.807, 2.05) is 60.1 Å². The zero-order chi connectivity index (χ0) is 20.4. The minimum atomic E-state index is -0.297. The van der Waals surface area contributed by atoms with E-state index >= 15 is 0 Å². The average molecular weight is 427 g/mol. The standard InChI is InChI=1S/C19H18N6O2S2/c1-24-14-5-3-4-6-15(14)29-19(24)23-20-16(26)11-25-17(21-22-18(25)28)12-7-9-13(27-2)10-8-12/h3-10H,11H2,1-2H3,(H,20,26)(H,22,28)/b23-19-. The smallest absolute Gasteiger partial charge is 0.260 e. The highest BCUT2D eigenvalue weighted by Crippen LogP contribution is 2.21. The maximum atomic E-state index is 12.5. The van der Waals surface area contributed by atoms with Gasteiger partial charge in [0, 0.05) is 12.6 Å². The Bertz CT molecular complexity index is 1300. The van der Waals surface area contributed by atoms with E-state index in [0.717, 1.165) is 21.5 Å². The highest BCUT2D eigenvalue weighted by molar-refractivity contribution is 7.71. The fourth-order valence-electron chi connectivity index (χ4n) is 2.90. The highest BCUT2D eigenvalue weighted by atomic mass is 32.1. The van der Waals surface area contributed by atoms with Crippen molar-refractivity contribution in [2.24, 2.45) is 12.1 Å². The molecule has 4 rings (SSSR count). The molecule has 148 valence electrons. The fraction of sp³-hybridized carbons (Fsp3) is 0.158. The fourth-order valence-corrected chi connectivity index (χ4v) is 4.08. The van der Waals surface area contributed by atoms with Crippen LogP contribution in [0.1, 0.15) is 0 Å². The van der Waals surface area contributed by atoms with Crippen LogP contribution in [0.4, 0.5) is 0 Å². The molecule has 2 aromatic heterocycles. The molecule has 2 N–H and O–H groups in total. The normalized spacial score (nSPS) is 11.7. The van der Waals surface area contributed by atoms with Crippen LogP contribution >= 0.6 is 23.6 Å². The molecular weight excluding hydrogens is 408 g/mol. The van der Waals surface area contributed by atoms with Crippen molar-refractivity contribution in [2.75, 3.05) is 7.11 Å². The Kier molecular flexibility index (Phi) is 5.28. The second kappa shape index (κ2) is 8.02. The summed E-state index contributed by atoms with van der Waals surface area (Å²) in [6.07, 6.45) is 0. The molecule has 2 heterocycles. The lowest BCUT2D eigenvalue weighted by atomic mass is 10.2. The Morgan fingerprint density at radius 1 is 1.28 bits per heavy atom. The molecule has 0 radical (unpaired) electrons. The summed E-state index contributed by atoms with van der Waals surface area (Å²) in [5.74, 6) is 1.01. The van der Waals surface area contributed by atoms with Gasteiger partial charge in [-0.05, 0) is 48.6 Å². The second-order valence-corrected chi connectivity index (χ2v) is 7.62. The van der Waals surface area contributed by atoms with Gasteiger partial charge in [0.25, 0.3) is 5.91 Å². The van der Waals surface area contributed by atoms with Gasteiger partial charge in [-0.1, -0.05) is 23.5 Å². The molecule has 4 aromatic rings. The van der Waals surface area contributed by atoms with Gasteiger partial charge in [-0.3, -0.25) is 14.5 Å². The first-order valence-corrected chi connectivity index (χ1v) is 9.96. The molecule has 0 spiro atoms. The lowest BCUT2D eigenvalue weighted by Gasteiger charge is -2.06. The molecule has 0 fully saturated rings. The second-order valence-electron chi connectivity index (χ2n) is 6.23. The molecule has 0 aliphatic carbocycles. The predicted octanol–water partition coefficient (Wildman–Crippen LogP) is 2.80. The molecule has 8 nitrogen and oxygen atoms in total. The van der Waals surface area contributed by atoms with Crippen LogP contribution in [0.5, 0.6) is 5.75 Å². The number of thiazole rings is 1. The molecule has 1 amide bonds. The number of aromatic amines is 1. The first kappa shape index (κ1) is 19.1. The van der Waals surface area contributed by atoms with Gasteiger partial charge in [-0.15, -0.1) is 5.10 Å². The summed E-state index contributed by atoms with van der Waals surface area (Å²) >= 11 is 6.79. The number of hydrogen-bond acceptors (Lipinski definition) is 6. The number of amides is 1. The van der Waals surface area contributed by atoms with Gasteiger partial charge < -0.3 is 9.30 Å². The van der Waals surface area contributed by atoms with Crippen LogP contribution in [0.15, 0.2) is 53.6 Å². The van der Waals surface area contributed by atoms with E-state index in [0.29, 0.717) is 15.4 Å². The maximum Gasteiger partial charge on any atom is 0.260 e. The third-order valence-electron chi connectivity index (χ3n) is 4.40. The summed E-state index contributed by atoms with van der Waals surface area (Å²) in [6.45, 7) is -0.00515. The Morgan fingerprint density at radius 2 is 2.03 bits per heavy atom. The highest BCUT2D eigenvalue weighted by Gasteiger charge is 2.12. The molecule has 29 heavy (non-hydrogen) atoms. The first-order valence-electron chi connectivity index (χ1n) is 8.73. The summed E-state index contributed by atoms with van der Waals surface area (Å²) < 4.78 is 10.2. The van der Waals surface area contributed by atoms with Crippen LogP contribution in [-0.2, 0) is 18.4 Å². The van der Waals surface area contributed by atoms with Gasteiger partial charge in [0.1, 0.15) is 12.3 Å². The van der Waals surface area contributed by atoms with Crippen molar-refractivity contribution in [3.63, 3.8) is 0 Å². The molecule has 0 unspecified atom stereocenters. The van der Waals surface area contributed by atoms with E-state index in [-0.39, 0.29) is 12.5 Å². The van der Waals surface area contributed by atoms with Gasteiger partial charge in [0.15, 0.2) is 10.6 Å². The molecule has 0 saturated heterocycles. The third-order valence-corrected chi connectivity index (χ3v) is 5.82. The Balaban J connectivity index is 1.56. The van der Waals surface area contributed by atoms with Crippen LogP contribution in [0.2, 0.25) is 0 Å². The zero-order valence-corrected chi connectivity index (χ0v) is 17.4. The number of carbonyl (C=O) groups excluding carboxylic acids is 1. The van der Waals surface area contributed by atoms with Gasteiger partial charge in [-0.25, -0.2) is 5.43 Å². The number of aromatic nitrogens is 4. The van der Waals surface area contributed by atoms with Crippen molar-refractivity contribution in [2.45, 2.75) is 6.54 Å². The lowest BCUT2D eigenvalue weighted by Crippen LogP contribution is -2.27. The molecule has 0 bridgehead atoms. The Morgan fingerprint density at radius 3 is 2.76 bits per heavy atom. The molecular formula is C19H18N6O2S2. The predicted molar refractivity (Wildman–Crippen MR) is 114 cm³/mol. The number of para-hydroxylation sites is 1. The van der Waals surface area contributed by atoms with E-state index in [9.17, 15) is 4.79 Å². The number of rotatable bonds is 5. The summed E-state index contributed by atoms with van der Waals surface area (Å²) in [4.78, 5) is 13.2. The van der Waals surface area contributed by atoms with E-state index < -0.39 is 0 Å². The van der Waals surface area contributed by atoms with Crippen molar-refractivity contribution >= 4 is 39.7 Å². The largest absolute Gasteiger partial charge is 0.497 e. The molecule has 0 atom stereocenters. The topological polar surface area (TPSA) is 89.2 Å². The SMILES string of the molecule is COc1ccc(-c2n[nH]c(=S)n2CC(=O)N/N=c2\sc3ccccc3n2C)cc1. The number of nitrogens with zero attached hydrogens (tertiary/aromatic N) is 4. The summed E-state index contributed by atoms with van der Waals surface area (Å²) in [5.41, 5.74) is 4.49.